The maximum absolute atomic E-state index is 12.4. The van der Waals surface area contributed by atoms with Gasteiger partial charge < -0.3 is 20.6 Å². The Kier molecular flexibility index (Phi) is 4.66. The van der Waals surface area contributed by atoms with E-state index in [9.17, 15) is 19.5 Å². The first-order chi connectivity index (χ1) is 11.4. The molecule has 0 aliphatic carbocycles. The second-order valence-electron chi connectivity index (χ2n) is 6.26. The molecule has 3 N–H and O–H groups in total. The Labute approximate surface area is 143 Å². The van der Waals surface area contributed by atoms with Gasteiger partial charge in [-0.2, -0.15) is 0 Å². The minimum atomic E-state index is -0.868. The van der Waals surface area contributed by atoms with Gasteiger partial charge >= 0.3 is 12.0 Å². The molecule has 8 heteroatoms. The van der Waals surface area contributed by atoms with Crippen molar-refractivity contribution in [3.63, 3.8) is 0 Å². The summed E-state index contributed by atoms with van der Waals surface area (Å²) < 4.78 is 0. The highest BCUT2D eigenvalue weighted by Gasteiger charge is 2.32. The number of piperidine rings is 1. The topological polar surface area (TPSA) is 98.7 Å². The molecular weight excluding hydrogens is 330 g/mol. The number of carbonyl (C=O) groups excluding carboxylic acids is 2. The van der Waals surface area contributed by atoms with E-state index in [1.165, 1.54) is 11.8 Å². The van der Waals surface area contributed by atoms with Crippen molar-refractivity contribution in [1.82, 2.24) is 4.90 Å². The summed E-state index contributed by atoms with van der Waals surface area (Å²) >= 11 is 1.46. The number of carboxylic acids is 1. The van der Waals surface area contributed by atoms with Crippen LogP contribution >= 0.6 is 11.8 Å². The molecule has 7 nitrogen and oxygen atoms in total. The zero-order valence-electron chi connectivity index (χ0n) is 13.2. The van der Waals surface area contributed by atoms with Crippen molar-refractivity contribution in [3.8, 4) is 0 Å². The number of nitrogens with one attached hydrogen (secondary N) is 2. The van der Waals surface area contributed by atoms with Crippen LogP contribution in [0.2, 0.25) is 0 Å². The number of nitrogens with zero attached hydrogens (tertiary/aromatic N) is 1. The van der Waals surface area contributed by atoms with Crippen LogP contribution in [-0.4, -0.2) is 46.8 Å². The highest BCUT2D eigenvalue weighted by atomic mass is 32.2. The molecule has 1 aromatic rings. The van der Waals surface area contributed by atoms with Gasteiger partial charge in [-0.25, -0.2) is 4.79 Å². The number of urea groups is 1. The number of benzene rings is 1. The predicted molar refractivity (Wildman–Crippen MR) is 91.3 cm³/mol. The number of anilines is 2. The van der Waals surface area contributed by atoms with Crippen LogP contribution < -0.4 is 10.6 Å². The quantitative estimate of drug-likeness (QED) is 0.761. The molecule has 2 unspecified atom stereocenters. The number of carbonyl (C=O) groups is 3. The number of hydrogen-bond donors (Lipinski definition) is 3. The van der Waals surface area contributed by atoms with Crippen LogP contribution in [0.5, 0.6) is 0 Å². The van der Waals surface area contributed by atoms with Crippen molar-refractivity contribution in [2.75, 3.05) is 29.5 Å². The Morgan fingerprint density at radius 2 is 2.17 bits per heavy atom. The van der Waals surface area contributed by atoms with Crippen molar-refractivity contribution in [1.29, 1.82) is 0 Å². The van der Waals surface area contributed by atoms with E-state index in [0.29, 0.717) is 30.1 Å². The van der Waals surface area contributed by atoms with E-state index in [1.807, 2.05) is 13.0 Å². The molecule has 2 aliphatic heterocycles. The maximum atomic E-state index is 12.4. The van der Waals surface area contributed by atoms with Gasteiger partial charge in [-0.15, -0.1) is 11.8 Å². The third-order valence-electron chi connectivity index (χ3n) is 4.16. The monoisotopic (exact) mass is 349 g/mol. The van der Waals surface area contributed by atoms with Gasteiger partial charge in [-0.1, -0.05) is 6.92 Å². The van der Waals surface area contributed by atoms with Crippen LogP contribution in [0.15, 0.2) is 23.1 Å². The molecule has 0 radical (unpaired) electrons. The molecule has 0 spiro atoms. The zero-order valence-corrected chi connectivity index (χ0v) is 14.1. The Hall–Kier alpha value is -2.22. The molecule has 0 saturated carbocycles. The van der Waals surface area contributed by atoms with E-state index >= 15 is 0 Å². The van der Waals surface area contributed by atoms with E-state index in [0.717, 1.165) is 4.90 Å². The Balaban J connectivity index is 1.69. The van der Waals surface area contributed by atoms with Gasteiger partial charge in [0.25, 0.3) is 0 Å². The first-order valence-corrected chi connectivity index (χ1v) is 8.76. The fraction of sp³-hybridized carbons (Fsp3) is 0.438. The van der Waals surface area contributed by atoms with Crippen LogP contribution in [0.3, 0.4) is 0 Å². The Morgan fingerprint density at radius 3 is 2.92 bits per heavy atom. The number of thioether (sulfide) groups is 1. The van der Waals surface area contributed by atoms with Crippen molar-refractivity contribution in [3.05, 3.63) is 18.2 Å². The first-order valence-electron chi connectivity index (χ1n) is 7.78. The molecule has 24 heavy (non-hydrogen) atoms. The van der Waals surface area contributed by atoms with Gasteiger partial charge in [0.05, 0.1) is 17.4 Å². The summed E-state index contributed by atoms with van der Waals surface area (Å²) in [6, 6.07) is 5.04. The molecule has 2 atom stereocenters. The standard InChI is InChI=1S/C16H19N3O4S/c1-9-4-10(15(21)22)7-19(6-9)16(23)17-11-2-3-13-12(5-11)18-14(20)8-24-13/h2-3,5,9-10H,4,6-8H2,1H3,(H,17,23)(H,18,20)(H,21,22). The van der Waals surface area contributed by atoms with Crippen molar-refractivity contribution in [2.45, 2.75) is 18.2 Å². The lowest BCUT2D eigenvalue weighted by molar-refractivity contribution is -0.143. The van der Waals surface area contributed by atoms with Crippen LogP contribution in [0.4, 0.5) is 16.2 Å². The zero-order chi connectivity index (χ0) is 17.3. The smallest absolute Gasteiger partial charge is 0.321 e. The van der Waals surface area contributed by atoms with E-state index in [4.69, 9.17) is 0 Å². The van der Waals surface area contributed by atoms with Crippen LogP contribution in [-0.2, 0) is 9.59 Å². The maximum Gasteiger partial charge on any atom is 0.321 e. The first kappa shape index (κ1) is 16.6. The average Bonchev–Trinajstić information content (AvgIpc) is 2.53. The second kappa shape index (κ2) is 6.72. The highest BCUT2D eigenvalue weighted by molar-refractivity contribution is 8.00. The van der Waals surface area contributed by atoms with Gasteiger partial charge in [-0.05, 0) is 30.5 Å². The fourth-order valence-corrected chi connectivity index (χ4v) is 3.85. The summed E-state index contributed by atoms with van der Waals surface area (Å²) in [6.07, 6.45) is 0.585. The van der Waals surface area contributed by atoms with Crippen LogP contribution in [0.1, 0.15) is 13.3 Å². The fourth-order valence-electron chi connectivity index (χ4n) is 3.06. The molecule has 0 bridgehead atoms. The number of hydrogen-bond acceptors (Lipinski definition) is 4. The molecule has 1 aromatic carbocycles. The number of carboxylic acid groups (broad SMARTS) is 1. The molecule has 2 heterocycles. The molecule has 1 saturated heterocycles. The summed E-state index contributed by atoms with van der Waals surface area (Å²) in [5, 5.41) is 14.8. The molecule has 3 rings (SSSR count). The second-order valence-corrected chi connectivity index (χ2v) is 7.28. The van der Waals surface area contributed by atoms with E-state index in [2.05, 4.69) is 10.6 Å². The van der Waals surface area contributed by atoms with Crippen molar-refractivity contribution < 1.29 is 19.5 Å². The average molecular weight is 349 g/mol. The van der Waals surface area contributed by atoms with E-state index in [-0.39, 0.29) is 24.4 Å². The van der Waals surface area contributed by atoms with Gasteiger partial charge in [0.1, 0.15) is 0 Å². The molecule has 2 aliphatic rings. The lowest BCUT2D eigenvalue weighted by Gasteiger charge is -2.34. The number of likely N-dealkylation sites (tertiary alicyclic amines) is 1. The highest BCUT2D eigenvalue weighted by Crippen LogP contribution is 2.33. The van der Waals surface area contributed by atoms with Gasteiger partial charge in [0, 0.05) is 23.7 Å². The van der Waals surface area contributed by atoms with E-state index < -0.39 is 11.9 Å². The summed E-state index contributed by atoms with van der Waals surface area (Å²) in [5.74, 6) is -0.928. The minimum absolute atomic E-state index is 0.0647. The summed E-state index contributed by atoms with van der Waals surface area (Å²) in [7, 11) is 0. The minimum Gasteiger partial charge on any atom is -0.481 e. The van der Waals surface area contributed by atoms with Crippen LogP contribution in [0.25, 0.3) is 0 Å². The van der Waals surface area contributed by atoms with Crippen molar-refractivity contribution >= 4 is 41.0 Å². The number of rotatable bonds is 2. The summed E-state index contributed by atoms with van der Waals surface area (Å²) in [4.78, 5) is 37.6. The lowest BCUT2D eigenvalue weighted by Crippen LogP contribution is -2.47. The summed E-state index contributed by atoms with van der Waals surface area (Å²) in [5.41, 5.74) is 1.26. The number of amides is 3. The summed E-state index contributed by atoms with van der Waals surface area (Å²) in [6.45, 7) is 2.69. The number of fused-ring (bicyclic) bond motifs is 1. The van der Waals surface area contributed by atoms with Crippen molar-refractivity contribution in [2.24, 2.45) is 11.8 Å². The molecule has 128 valence electrons. The normalized spacial score (nSPS) is 23.2. The van der Waals surface area contributed by atoms with Gasteiger partial charge in [0.2, 0.25) is 5.91 Å². The Bertz CT molecular complexity index is 694. The third-order valence-corrected chi connectivity index (χ3v) is 5.23. The number of aliphatic carboxylic acids is 1. The molecule has 3 amide bonds. The third kappa shape index (κ3) is 3.64. The molecular formula is C16H19N3O4S. The molecule has 0 aromatic heterocycles. The van der Waals surface area contributed by atoms with Gasteiger partial charge in [-0.3, -0.25) is 9.59 Å². The predicted octanol–water partition coefficient (Wildman–Crippen LogP) is 2.31. The van der Waals surface area contributed by atoms with Crippen LogP contribution in [0, 0.1) is 11.8 Å². The van der Waals surface area contributed by atoms with Gasteiger partial charge in [0.15, 0.2) is 0 Å². The Morgan fingerprint density at radius 1 is 1.38 bits per heavy atom. The van der Waals surface area contributed by atoms with E-state index in [1.54, 1.807) is 17.0 Å². The lowest BCUT2D eigenvalue weighted by atomic mass is 9.91. The largest absolute Gasteiger partial charge is 0.481 e. The SMILES string of the molecule is CC1CC(C(=O)O)CN(C(=O)Nc2ccc3c(c2)NC(=O)CS3)C1. The molecule has 1 fully saturated rings.